The first-order chi connectivity index (χ1) is 15.9. The predicted octanol–water partition coefficient (Wildman–Crippen LogP) is 3.45. The van der Waals surface area contributed by atoms with Gasteiger partial charge in [0, 0.05) is 37.1 Å². The van der Waals surface area contributed by atoms with Crippen molar-refractivity contribution >= 4 is 35.2 Å². The number of methoxy groups -OCH3 is 1. The number of nitrogens with one attached hydrogen (secondary N) is 3. The van der Waals surface area contributed by atoms with Gasteiger partial charge in [0.2, 0.25) is 5.88 Å². The predicted molar refractivity (Wildman–Crippen MR) is 125 cm³/mol. The van der Waals surface area contributed by atoms with E-state index in [9.17, 15) is 14.4 Å². The lowest BCUT2D eigenvalue weighted by Crippen LogP contribution is -2.45. The van der Waals surface area contributed by atoms with Crippen LogP contribution in [-0.2, 0) is 4.74 Å². The number of ether oxygens (including phenoxy) is 2. The molecule has 12 heteroatoms. The van der Waals surface area contributed by atoms with Crippen LogP contribution in [-0.4, -0.2) is 65.6 Å². The van der Waals surface area contributed by atoms with E-state index in [-0.39, 0.29) is 17.2 Å². The number of aromatic nitrogens is 2. The van der Waals surface area contributed by atoms with Crippen LogP contribution in [0.15, 0.2) is 24.4 Å². The number of halogens is 1. The third-order valence-electron chi connectivity index (χ3n) is 4.54. The molecule has 0 aliphatic carbocycles. The monoisotopic (exact) mass is 478 g/mol. The topological polar surface area (TPSA) is 141 Å². The van der Waals surface area contributed by atoms with E-state index in [2.05, 4.69) is 25.9 Å². The van der Waals surface area contributed by atoms with Gasteiger partial charge >= 0.3 is 6.09 Å². The molecule has 2 aromatic rings. The summed E-state index contributed by atoms with van der Waals surface area (Å²) in [4.78, 5) is 19.4. The Hall–Kier alpha value is -3.30. The average molecular weight is 479 g/mol. The van der Waals surface area contributed by atoms with Crippen molar-refractivity contribution in [2.24, 2.45) is 0 Å². The summed E-state index contributed by atoms with van der Waals surface area (Å²) in [6.45, 7) is 2.41. The molecule has 0 radical (unpaired) electrons. The number of nitrogens with zero attached hydrogens (tertiary/aromatic N) is 3. The van der Waals surface area contributed by atoms with Gasteiger partial charge in [0.05, 0.1) is 12.2 Å². The Labute approximate surface area is 195 Å². The first kappa shape index (κ1) is 26.0. The molecule has 0 saturated carbocycles. The molecule has 2 aromatic heterocycles. The molecule has 2 rings (SSSR count). The summed E-state index contributed by atoms with van der Waals surface area (Å²) in [7, 11) is 1.56. The summed E-state index contributed by atoms with van der Waals surface area (Å²) < 4.78 is 25.1. The van der Waals surface area contributed by atoms with Crippen molar-refractivity contribution in [3.8, 4) is 11.9 Å². The number of carboxylic acid groups (broad SMARTS) is 1. The first-order valence-corrected chi connectivity index (χ1v) is 11.5. The van der Waals surface area contributed by atoms with Crippen molar-refractivity contribution in [3.63, 3.8) is 0 Å². The number of nitriles is 1. The average Bonchev–Trinajstić information content (AvgIpc) is 2.78. The number of thioether (sulfide) groups is 1. The van der Waals surface area contributed by atoms with E-state index in [0.29, 0.717) is 31.2 Å². The molecule has 4 N–H and O–H groups in total. The minimum atomic E-state index is -1.17. The standard InChI is InChI=1S/C21H27FN6O4S/c1-13(25-21(29)30)17(5-9-33-3)27-20-16(22)10-14(12-23)19(28-20)26-15-4-6-24-18(11-15)32-8-7-31-2/h4,6,10-11,13,17,25H,5,7-9H2,1-3H3,(H,29,30)(H2,24,26,27,28)/t13-,17+/m0/s1. The molecular formula is C21H27FN6O4S. The van der Waals surface area contributed by atoms with E-state index in [1.54, 1.807) is 37.9 Å². The summed E-state index contributed by atoms with van der Waals surface area (Å²) in [6.07, 6.45) is 2.85. The fourth-order valence-electron chi connectivity index (χ4n) is 2.87. The smallest absolute Gasteiger partial charge is 0.404 e. The normalized spacial score (nSPS) is 12.3. The number of carbonyl (C=O) groups is 1. The maximum atomic E-state index is 14.7. The van der Waals surface area contributed by atoms with Gasteiger partial charge in [-0.05, 0) is 37.5 Å². The number of pyridine rings is 2. The Balaban J connectivity index is 2.27. The number of anilines is 3. The molecule has 0 aliphatic heterocycles. The van der Waals surface area contributed by atoms with Gasteiger partial charge in [0.25, 0.3) is 0 Å². The highest BCUT2D eigenvalue weighted by molar-refractivity contribution is 7.98. The van der Waals surface area contributed by atoms with Crippen LogP contribution in [0.25, 0.3) is 0 Å². The molecule has 1 amide bonds. The SMILES string of the molecule is COCCOc1cc(Nc2nc(N[C@H](CCSC)[C@H](C)NC(=O)O)c(F)cc2C#N)ccn1. The minimum absolute atomic E-state index is 0.00841. The first-order valence-electron chi connectivity index (χ1n) is 10.1. The summed E-state index contributed by atoms with van der Waals surface area (Å²) >= 11 is 1.59. The zero-order valence-electron chi connectivity index (χ0n) is 18.6. The molecule has 0 aromatic carbocycles. The summed E-state index contributed by atoms with van der Waals surface area (Å²) in [5.74, 6) is 0.411. The fraction of sp³-hybridized carbons (Fsp3) is 0.429. The lowest BCUT2D eigenvalue weighted by atomic mass is 10.1. The van der Waals surface area contributed by atoms with Crippen LogP contribution in [0.4, 0.5) is 26.5 Å². The zero-order valence-corrected chi connectivity index (χ0v) is 19.4. The Morgan fingerprint density at radius 2 is 2.15 bits per heavy atom. The molecule has 0 aliphatic rings. The second-order valence-electron chi connectivity index (χ2n) is 6.95. The molecule has 0 unspecified atom stereocenters. The third kappa shape index (κ3) is 8.28. The van der Waals surface area contributed by atoms with Crippen LogP contribution in [0.3, 0.4) is 0 Å². The van der Waals surface area contributed by atoms with E-state index in [0.717, 1.165) is 11.8 Å². The van der Waals surface area contributed by atoms with Crippen molar-refractivity contribution in [2.45, 2.75) is 25.4 Å². The number of rotatable bonds is 13. The van der Waals surface area contributed by atoms with Crippen molar-refractivity contribution in [3.05, 3.63) is 35.8 Å². The molecule has 10 nitrogen and oxygen atoms in total. The highest BCUT2D eigenvalue weighted by Gasteiger charge is 2.22. The van der Waals surface area contributed by atoms with Crippen LogP contribution in [0.5, 0.6) is 5.88 Å². The van der Waals surface area contributed by atoms with E-state index in [4.69, 9.17) is 14.6 Å². The largest absolute Gasteiger partial charge is 0.475 e. The highest BCUT2D eigenvalue weighted by atomic mass is 32.2. The van der Waals surface area contributed by atoms with Crippen LogP contribution in [0, 0.1) is 17.1 Å². The Kier molecular flexibility index (Phi) is 10.5. The molecular weight excluding hydrogens is 451 g/mol. The maximum absolute atomic E-state index is 14.7. The summed E-state index contributed by atoms with van der Waals surface area (Å²) in [5, 5.41) is 26.9. The zero-order chi connectivity index (χ0) is 24.2. The van der Waals surface area contributed by atoms with E-state index < -0.39 is 24.0 Å². The molecule has 2 heterocycles. The Bertz CT molecular complexity index is 974. The van der Waals surface area contributed by atoms with Gasteiger partial charge in [-0.2, -0.15) is 17.0 Å². The van der Waals surface area contributed by atoms with Crippen molar-refractivity contribution in [1.29, 1.82) is 5.26 Å². The molecule has 2 atom stereocenters. The molecule has 0 spiro atoms. The minimum Gasteiger partial charge on any atom is -0.475 e. The molecule has 0 saturated heterocycles. The fourth-order valence-corrected chi connectivity index (χ4v) is 3.36. The second-order valence-corrected chi connectivity index (χ2v) is 7.93. The Morgan fingerprint density at radius 1 is 1.36 bits per heavy atom. The number of hydrogen-bond donors (Lipinski definition) is 4. The summed E-state index contributed by atoms with van der Waals surface area (Å²) in [5.41, 5.74) is 0.549. The lowest BCUT2D eigenvalue weighted by Gasteiger charge is -2.26. The van der Waals surface area contributed by atoms with E-state index >= 15 is 0 Å². The van der Waals surface area contributed by atoms with Crippen LogP contribution < -0.4 is 20.7 Å². The third-order valence-corrected chi connectivity index (χ3v) is 5.19. The van der Waals surface area contributed by atoms with Crippen molar-refractivity contribution < 1.29 is 23.8 Å². The van der Waals surface area contributed by atoms with Gasteiger partial charge in [0.1, 0.15) is 12.7 Å². The second kappa shape index (κ2) is 13.3. The van der Waals surface area contributed by atoms with Crippen molar-refractivity contribution in [2.75, 3.05) is 43.0 Å². The van der Waals surface area contributed by atoms with Gasteiger partial charge in [-0.15, -0.1) is 0 Å². The van der Waals surface area contributed by atoms with Gasteiger partial charge in [-0.3, -0.25) is 0 Å². The number of amides is 1. The maximum Gasteiger partial charge on any atom is 0.404 e. The van der Waals surface area contributed by atoms with E-state index in [1.165, 1.54) is 6.20 Å². The van der Waals surface area contributed by atoms with Crippen LogP contribution >= 0.6 is 11.8 Å². The van der Waals surface area contributed by atoms with Gasteiger partial charge in [-0.25, -0.2) is 19.2 Å². The molecule has 0 bridgehead atoms. The van der Waals surface area contributed by atoms with Gasteiger partial charge in [0.15, 0.2) is 17.5 Å². The Morgan fingerprint density at radius 3 is 2.82 bits per heavy atom. The lowest BCUT2D eigenvalue weighted by molar-refractivity contribution is 0.144. The van der Waals surface area contributed by atoms with Crippen molar-refractivity contribution in [1.82, 2.24) is 15.3 Å². The number of hydrogen-bond acceptors (Lipinski definition) is 9. The van der Waals surface area contributed by atoms with E-state index in [1.807, 2.05) is 12.3 Å². The molecule has 178 valence electrons. The molecule has 33 heavy (non-hydrogen) atoms. The van der Waals surface area contributed by atoms with Gasteiger partial charge in [-0.1, -0.05) is 0 Å². The van der Waals surface area contributed by atoms with Gasteiger partial charge < -0.3 is 30.5 Å². The summed E-state index contributed by atoms with van der Waals surface area (Å²) in [6, 6.07) is 5.36. The van der Waals surface area contributed by atoms with Crippen LogP contribution in [0.1, 0.15) is 18.9 Å². The van der Waals surface area contributed by atoms with Crippen LogP contribution in [0.2, 0.25) is 0 Å². The quantitative estimate of drug-likeness (QED) is 0.316. The highest BCUT2D eigenvalue weighted by Crippen LogP contribution is 2.25. The molecule has 0 fully saturated rings.